The van der Waals surface area contributed by atoms with Crippen LogP contribution in [0.3, 0.4) is 0 Å². The molecule has 0 amide bonds. The van der Waals surface area contributed by atoms with E-state index in [2.05, 4.69) is 42.2 Å². The molecule has 0 unspecified atom stereocenters. The number of anilines is 1. The molecule has 1 aliphatic rings. The van der Waals surface area contributed by atoms with Crippen LogP contribution in [0, 0.1) is 0 Å². The molecular formula is C13H16BrN3OS. The van der Waals surface area contributed by atoms with Crippen LogP contribution in [0.5, 0.6) is 0 Å². The Bertz CT molecular complexity index is 539. The lowest BCUT2D eigenvalue weighted by Gasteiger charge is -2.32. The minimum absolute atomic E-state index is 0.397. The largest absolute Gasteiger partial charge is 0.377 e. The predicted molar refractivity (Wildman–Crippen MR) is 82.4 cm³/mol. The maximum atomic E-state index is 5.78. The molecule has 0 saturated carbocycles. The third kappa shape index (κ3) is 2.90. The van der Waals surface area contributed by atoms with Gasteiger partial charge in [0, 0.05) is 18.4 Å². The molecule has 0 spiro atoms. The van der Waals surface area contributed by atoms with Gasteiger partial charge in [0.25, 0.3) is 0 Å². The Morgan fingerprint density at radius 1 is 1.37 bits per heavy atom. The number of rotatable bonds is 4. The van der Waals surface area contributed by atoms with Crippen LogP contribution >= 0.6 is 27.3 Å². The average molecular weight is 342 g/mol. The Labute approximate surface area is 124 Å². The number of thiophene rings is 1. The fraction of sp³-hybridized carbons (Fsp3) is 0.538. The summed E-state index contributed by atoms with van der Waals surface area (Å²) in [5, 5.41) is 4.16. The molecule has 0 atom stereocenters. The molecule has 3 heterocycles. The Hall–Kier alpha value is -0.720. The van der Waals surface area contributed by atoms with E-state index >= 15 is 0 Å². The molecule has 2 aromatic rings. The Morgan fingerprint density at radius 3 is 3.00 bits per heavy atom. The van der Waals surface area contributed by atoms with E-state index in [4.69, 9.17) is 4.74 Å². The van der Waals surface area contributed by atoms with E-state index in [0.29, 0.717) is 6.10 Å². The first-order valence-electron chi connectivity index (χ1n) is 6.49. The first-order chi connectivity index (χ1) is 9.38. The highest BCUT2D eigenvalue weighted by Crippen LogP contribution is 2.28. The molecule has 102 valence electrons. The lowest BCUT2D eigenvalue weighted by atomic mass is 10.1. The molecule has 0 radical (unpaired) electrons. The third-order valence-electron chi connectivity index (χ3n) is 3.41. The number of hydrogen-bond acceptors (Lipinski definition) is 5. The van der Waals surface area contributed by atoms with Crippen LogP contribution in [0.1, 0.15) is 12.8 Å². The SMILES string of the molecule is BrCCOC1CCN(c2ncnc3sccc23)CC1. The monoisotopic (exact) mass is 341 g/mol. The molecular weight excluding hydrogens is 326 g/mol. The molecule has 1 saturated heterocycles. The van der Waals surface area contributed by atoms with Crippen molar-refractivity contribution in [1.29, 1.82) is 0 Å². The van der Waals surface area contributed by atoms with Crippen LogP contribution < -0.4 is 4.90 Å². The third-order valence-corrected chi connectivity index (χ3v) is 4.56. The highest BCUT2D eigenvalue weighted by Gasteiger charge is 2.22. The molecule has 0 N–H and O–H groups in total. The van der Waals surface area contributed by atoms with Crippen molar-refractivity contribution in [3.8, 4) is 0 Å². The van der Waals surface area contributed by atoms with Crippen molar-refractivity contribution in [3.63, 3.8) is 0 Å². The van der Waals surface area contributed by atoms with Crippen molar-refractivity contribution >= 4 is 43.3 Å². The van der Waals surface area contributed by atoms with Crippen molar-refractivity contribution in [2.24, 2.45) is 0 Å². The Kier molecular flexibility index (Phi) is 4.30. The summed E-state index contributed by atoms with van der Waals surface area (Å²) in [6.07, 6.45) is 4.21. The number of hydrogen-bond donors (Lipinski definition) is 0. The van der Waals surface area contributed by atoms with Crippen molar-refractivity contribution in [1.82, 2.24) is 9.97 Å². The van der Waals surface area contributed by atoms with Crippen LogP contribution in [-0.4, -0.2) is 41.1 Å². The van der Waals surface area contributed by atoms with E-state index in [9.17, 15) is 0 Å². The lowest BCUT2D eigenvalue weighted by Crippen LogP contribution is -2.37. The summed E-state index contributed by atoms with van der Waals surface area (Å²) in [5.74, 6) is 1.07. The maximum absolute atomic E-state index is 5.78. The van der Waals surface area contributed by atoms with E-state index in [1.165, 1.54) is 5.39 Å². The first kappa shape index (κ1) is 13.3. The van der Waals surface area contributed by atoms with Gasteiger partial charge < -0.3 is 9.64 Å². The molecule has 1 fully saturated rings. The quantitative estimate of drug-likeness (QED) is 0.801. The second-order valence-corrected chi connectivity index (χ2v) is 6.27. The van der Waals surface area contributed by atoms with E-state index in [1.807, 2.05) is 0 Å². The predicted octanol–water partition coefficient (Wildman–Crippen LogP) is 3.07. The van der Waals surface area contributed by atoms with Crippen LogP contribution in [-0.2, 0) is 4.74 Å². The van der Waals surface area contributed by atoms with Gasteiger partial charge in [-0.25, -0.2) is 9.97 Å². The number of halogens is 1. The molecule has 0 aromatic carbocycles. The summed E-state index contributed by atoms with van der Waals surface area (Å²) in [6.45, 7) is 2.82. The van der Waals surface area contributed by atoms with Crippen molar-refractivity contribution in [3.05, 3.63) is 17.8 Å². The number of aromatic nitrogens is 2. The molecule has 0 bridgehead atoms. The molecule has 3 rings (SSSR count). The number of alkyl halides is 1. The van der Waals surface area contributed by atoms with Gasteiger partial charge in [0.1, 0.15) is 17.0 Å². The normalized spacial score (nSPS) is 17.2. The first-order valence-corrected chi connectivity index (χ1v) is 8.49. The van der Waals surface area contributed by atoms with Gasteiger partial charge in [0.05, 0.1) is 18.1 Å². The van der Waals surface area contributed by atoms with E-state index < -0.39 is 0 Å². The number of piperidine rings is 1. The number of fused-ring (bicyclic) bond motifs is 1. The van der Waals surface area contributed by atoms with Crippen LogP contribution in [0.15, 0.2) is 17.8 Å². The summed E-state index contributed by atoms with van der Waals surface area (Å²) < 4.78 is 5.78. The van der Waals surface area contributed by atoms with Gasteiger partial charge in [-0.15, -0.1) is 11.3 Å². The van der Waals surface area contributed by atoms with Gasteiger partial charge in [0.15, 0.2) is 0 Å². The van der Waals surface area contributed by atoms with E-state index in [-0.39, 0.29) is 0 Å². The lowest BCUT2D eigenvalue weighted by molar-refractivity contribution is 0.0480. The molecule has 2 aromatic heterocycles. The summed E-state index contributed by atoms with van der Waals surface area (Å²) in [5.41, 5.74) is 0. The van der Waals surface area contributed by atoms with Crippen LogP contribution in [0.2, 0.25) is 0 Å². The zero-order valence-corrected chi connectivity index (χ0v) is 13.0. The van der Waals surface area contributed by atoms with Gasteiger partial charge in [0.2, 0.25) is 0 Å². The summed E-state index contributed by atoms with van der Waals surface area (Å²) in [6, 6.07) is 2.11. The van der Waals surface area contributed by atoms with Crippen molar-refractivity contribution in [2.75, 3.05) is 29.9 Å². The highest BCUT2D eigenvalue weighted by molar-refractivity contribution is 9.09. The smallest absolute Gasteiger partial charge is 0.140 e. The van der Waals surface area contributed by atoms with E-state index in [0.717, 1.165) is 48.5 Å². The fourth-order valence-electron chi connectivity index (χ4n) is 2.47. The molecule has 1 aliphatic heterocycles. The zero-order valence-electron chi connectivity index (χ0n) is 10.6. The Morgan fingerprint density at radius 2 is 2.21 bits per heavy atom. The fourth-order valence-corrected chi connectivity index (χ4v) is 3.39. The number of nitrogens with zero attached hydrogens (tertiary/aromatic N) is 3. The van der Waals surface area contributed by atoms with Gasteiger partial charge in [-0.1, -0.05) is 15.9 Å². The molecule has 4 nitrogen and oxygen atoms in total. The summed E-state index contributed by atoms with van der Waals surface area (Å²) >= 11 is 5.07. The minimum atomic E-state index is 0.397. The maximum Gasteiger partial charge on any atom is 0.140 e. The second kappa shape index (κ2) is 6.15. The molecule has 0 aliphatic carbocycles. The van der Waals surface area contributed by atoms with Crippen LogP contribution in [0.25, 0.3) is 10.2 Å². The summed E-state index contributed by atoms with van der Waals surface area (Å²) in [7, 11) is 0. The topological polar surface area (TPSA) is 38.2 Å². The highest BCUT2D eigenvalue weighted by atomic mass is 79.9. The van der Waals surface area contributed by atoms with Crippen molar-refractivity contribution in [2.45, 2.75) is 18.9 Å². The zero-order chi connectivity index (χ0) is 13.1. The second-order valence-electron chi connectivity index (χ2n) is 4.58. The standard InChI is InChI=1S/C13H16BrN3OS/c14-4-7-18-10-1-5-17(6-2-10)12-11-3-8-19-13(11)16-9-15-12/h3,8-10H,1-2,4-7H2. The minimum Gasteiger partial charge on any atom is -0.377 e. The number of ether oxygens (including phenoxy) is 1. The van der Waals surface area contributed by atoms with Gasteiger partial charge >= 0.3 is 0 Å². The van der Waals surface area contributed by atoms with Crippen molar-refractivity contribution < 1.29 is 4.74 Å². The van der Waals surface area contributed by atoms with Gasteiger partial charge in [-0.3, -0.25) is 0 Å². The molecule has 19 heavy (non-hydrogen) atoms. The van der Waals surface area contributed by atoms with Gasteiger partial charge in [-0.2, -0.15) is 0 Å². The Balaban J connectivity index is 1.69. The van der Waals surface area contributed by atoms with Gasteiger partial charge in [-0.05, 0) is 24.3 Å². The van der Waals surface area contributed by atoms with E-state index in [1.54, 1.807) is 17.7 Å². The average Bonchev–Trinajstić information content (AvgIpc) is 2.94. The van der Waals surface area contributed by atoms with Crippen LogP contribution in [0.4, 0.5) is 5.82 Å². The summed E-state index contributed by atoms with van der Waals surface area (Å²) in [4.78, 5) is 12.2. The molecule has 6 heteroatoms.